The number of amides is 1. The van der Waals surface area contributed by atoms with Crippen molar-refractivity contribution in [2.45, 2.75) is 50.7 Å². The van der Waals surface area contributed by atoms with Crippen molar-refractivity contribution in [1.82, 2.24) is 9.78 Å². The second kappa shape index (κ2) is 8.42. The van der Waals surface area contributed by atoms with Gasteiger partial charge in [0.1, 0.15) is 11.6 Å². The van der Waals surface area contributed by atoms with E-state index in [1.807, 2.05) is 20.8 Å². The number of anilines is 1. The van der Waals surface area contributed by atoms with Crippen LogP contribution in [0.5, 0.6) is 0 Å². The number of nitrogens with one attached hydrogen (secondary N) is 1. The molecule has 0 saturated heterocycles. The number of nitrogens with zero attached hydrogens (tertiary/aromatic N) is 2. The molecule has 1 aliphatic rings. The van der Waals surface area contributed by atoms with Gasteiger partial charge in [0.15, 0.2) is 0 Å². The predicted octanol–water partition coefficient (Wildman–Crippen LogP) is 5.97. The highest BCUT2D eigenvalue weighted by atomic mass is 19.4. The lowest BCUT2D eigenvalue weighted by molar-refractivity contribution is -0.137. The molecule has 6 nitrogen and oxygen atoms in total. The number of carbonyl (C=O) groups excluding carboxylic acids is 1. The van der Waals surface area contributed by atoms with E-state index in [9.17, 15) is 32.3 Å². The number of aromatic carboxylic acids is 1. The number of carboxylic acids is 1. The maximum Gasteiger partial charge on any atom is 0.416 e. The van der Waals surface area contributed by atoms with Crippen molar-refractivity contribution in [3.8, 4) is 11.1 Å². The van der Waals surface area contributed by atoms with Gasteiger partial charge in [-0.3, -0.25) is 9.48 Å². The lowest BCUT2D eigenvalue weighted by Gasteiger charge is -2.19. The van der Waals surface area contributed by atoms with Gasteiger partial charge >= 0.3 is 12.1 Å². The lowest BCUT2D eigenvalue weighted by Crippen LogP contribution is -2.29. The van der Waals surface area contributed by atoms with Gasteiger partial charge in [-0.25, -0.2) is 13.6 Å². The van der Waals surface area contributed by atoms with Crippen molar-refractivity contribution in [3.63, 3.8) is 0 Å². The molecule has 0 unspecified atom stereocenters. The van der Waals surface area contributed by atoms with Gasteiger partial charge in [0, 0.05) is 28.6 Å². The standard InChI is InChI=1S/C25H22F5N3O3/c1-23(2,3)33-12-13(11-31-33)20-16(21(34)35)9-15(10-19(20)27)32-22(36)24(6-7-24)17-5-4-14(8-18(17)26)25(28,29)30/h4-5,8-12H,6-7H2,1-3H3,(H,32,36)(H,34,35). The smallest absolute Gasteiger partial charge is 0.416 e. The summed E-state index contributed by atoms with van der Waals surface area (Å²) in [6.07, 6.45) is -1.57. The number of aromatic nitrogens is 2. The Hall–Kier alpha value is -3.76. The van der Waals surface area contributed by atoms with Crippen LogP contribution in [0.2, 0.25) is 0 Å². The minimum Gasteiger partial charge on any atom is -0.478 e. The normalized spacial score (nSPS) is 15.0. The summed E-state index contributed by atoms with van der Waals surface area (Å²) in [4.78, 5) is 24.9. The minimum absolute atomic E-state index is 0.166. The van der Waals surface area contributed by atoms with Gasteiger partial charge in [-0.1, -0.05) is 6.07 Å². The molecule has 11 heteroatoms. The summed E-state index contributed by atoms with van der Waals surface area (Å²) in [7, 11) is 0. The van der Waals surface area contributed by atoms with Gasteiger partial charge in [-0.15, -0.1) is 0 Å². The summed E-state index contributed by atoms with van der Waals surface area (Å²) < 4.78 is 69.9. The highest BCUT2D eigenvalue weighted by molar-refractivity contribution is 6.03. The summed E-state index contributed by atoms with van der Waals surface area (Å²) in [5.74, 6) is -4.33. The van der Waals surface area contributed by atoms with Crippen LogP contribution in [0, 0.1) is 11.6 Å². The molecule has 3 aromatic rings. The fraction of sp³-hybridized carbons (Fsp3) is 0.320. The second-order valence-corrected chi connectivity index (χ2v) is 9.76. The Morgan fingerprint density at radius 2 is 1.72 bits per heavy atom. The Kier molecular flexibility index (Phi) is 5.93. The third kappa shape index (κ3) is 4.57. The zero-order valence-corrected chi connectivity index (χ0v) is 19.5. The van der Waals surface area contributed by atoms with E-state index >= 15 is 4.39 Å². The van der Waals surface area contributed by atoms with Gasteiger partial charge in [0.05, 0.1) is 28.3 Å². The first kappa shape index (κ1) is 25.3. The molecule has 0 bridgehead atoms. The van der Waals surface area contributed by atoms with E-state index in [1.54, 1.807) is 4.68 Å². The number of rotatable bonds is 5. The first-order chi connectivity index (χ1) is 16.6. The molecule has 0 spiro atoms. The van der Waals surface area contributed by atoms with Crippen molar-refractivity contribution in [1.29, 1.82) is 0 Å². The van der Waals surface area contributed by atoms with Gasteiger partial charge in [-0.05, 0) is 57.9 Å². The van der Waals surface area contributed by atoms with Gasteiger partial charge in [0.2, 0.25) is 5.91 Å². The van der Waals surface area contributed by atoms with Crippen molar-refractivity contribution in [2.75, 3.05) is 5.32 Å². The molecule has 1 heterocycles. The molecule has 0 radical (unpaired) electrons. The molecule has 190 valence electrons. The minimum atomic E-state index is -4.74. The largest absolute Gasteiger partial charge is 0.478 e. The summed E-state index contributed by atoms with van der Waals surface area (Å²) in [6.45, 7) is 5.60. The van der Waals surface area contributed by atoms with E-state index in [1.165, 1.54) is 12.4 Å². The van der Waals surface area contributed by atoms with Crippen LogP contribution in [-0.2, 0) is 21.9 Å². The number of halogens is 5. The number of alkyl halides is 3. The van der Waals surface area contributed by atoms with E-state index in [-0.39, 0.29) is 35.2 Å². The van der Waals surface area contributed by atoms with Gasteiger partial charge in [0.25, 0.3) is 0 Å². The molecule has 1 aromatic heterocycles. The van der Waals surface area contributed by atoms with E-state index in [0.717, 1.165) is 18.2 Å². The molecular weight excluding hydrogens is 485 g/mol. The van der Waals surface area contributed by atoms with Gasteiger partial charge in [-0.2, -0.15) is 18.3 Å². The number of carbonyl (C=O) groups is 2. The Bertz CT molecular complexity index is 1370. The highest BCUT2D eigenvalue weighted by Crippen LogP contribution is 2.50. The van der Waals surface area contributed by atoms with Crippen LogP contribution in [0.3, 0.4) is 0 Å². The zero-order chi connectivity index (χ0) is 26.6. The Balaban J connectivity index is 1.66. The number of carboxylic acid groups (broad SMARTS) is 1. The Morgan fingerprint density at radius 3 is 2.22 bits per heavy atom. The Labute approximate surface area is 202 Å². The molecule has 1 aliphatic carbocycles. The van der Waals surface area contributed by atoms with Crippen LogP contribution in [0.4, 0.5) is 27.6 Å². The van der Waals surface area contributed by atoms with Crippen molar-refractivity contribution in [2.24, 2.45) is 0 Å². The van der Waals surface area contributed by atoms with Crippen LogP contribution < -0.4 is 5.32 Å². The molecule has 4 rings (SSSR count). The van der Waals surface area contributed by atoms with Crippen LogP contribution in [0.25, 0.3) is 11.1 Å². The number of benzene rings is 2. The van der Waals surface area contributed by atoms with Gasteiger partial charge < -0.3 is 10.4 Å². The van der Waals surface area contributed by atoms with Crippen LogP contribution in [-0.4, -0.2) is 26.8 Å². The van der Waals surface area contributed by atoms with Crippen LogP contribution >= 0.6 is 0 Å². The van der Waals surface area contributed by atoms with Crippen LogP contribution in [0.1, 0.15) is 55.1 Å². The maximum absolute atomic E-state index is 15.2. The molecule has 1 amide bonds. The fourth-order valence-electron chi connectivity index (χ4n) is 4.03. The third-order valence-electron chi connectivity index (χ3n) is 6.13. The molecule has 1 fully saturated rings. The van der Waals surface area contributed by atoms with Crippen molar-refractivity contribution >= 4 is 17.6 Å². The molecule has 2 aromatic carbocycles. The van der Waals surface area contributed by atoms with Crippen molar-refractivity contribution in [3.05, 3.63) is 71.1 Å². The topological polar surface area (TPSA) is 84.2 Å². The lowest BCUT2D eigenvalue weighted by atomic mass is 9.93. The number of hydrogen-bond acceptors (Lipinski definition) is 3. The molecule has 2 N–H and O–H groups in total. The van der Waals surface area contributed by atoms with E-state index in [2.05, 4.69) is 10.4 Å². The van der Waals surface area contributed by atoms with E-state index in [4.69, 9.17) is 0 Å². The Morgan fingerprint density at radius 1 is 1.06 bits per heavy atom. The van der Waals surface area contributed by atoms with E-state index < -0.39 is 51.8 Å². The average Bonchev–Trinajstić information content (AvgIpc) is 3.40. The summed E-state index contributed by atoms with van der Waals surface area (Å²) in [5.41, 5.74) is -3.85. The molecular formula is C25H22F5N3O3. The monoisotopic (exact) mass is 507 g/mol. The predicted molar refractivity (Wildman–Crippen MR) is 121 cm³/mol. The maximum atomic E-state index is 15.2. The second-order valence-electron chi connectivity index (χ2n) is 9.76. The first-order valence-electron chi connectivity index (χ1n) is 10.9. The first-order valence-corrected chi connectivity index (χ1v) is 10.9. The molecule has 1 saturated carbocycles. The highest BCUT2D eigenvalue weighted by Gasteiger charge is 2.53. The fourth-order valence-corrected chi connectivity index (χ4v) is 4.03. The van der Waals surface area contributed by atoms with Crippen LogP contribution in [0.15, 0.2) is 42.7 Å². The summed E-state index contributed by atoms with van der Waals surface area (Å²) in [5, 5.41) is 16.3. The zero-order valence-electron chi connectivity index (χ0n) is 19.5. The van der Waals surface area contributed by atoms with Crippen molar-refractivity contribution < 1.29 is 36.6 Å². The molecule has 0 atom stereocenters. The quantitative estimate of drug-likeness (QED) is 0.417. The van der Waals surface area contributed by atoms with E-state index in [0.29, 0.717) is 12.1 Å². The summed E-state index contributed by atoms with van der Waals surface area (Å²) in [6, 6.07) is 3.96. The SMILES string of the molecule is CC(C)(C)n1cc(-c2c(F)cc(NC(=O)C3(c4ccc(C(F)(F)F)cc4F)CC3)cc2C(=O)O)cn1. The average molecular weight is 507 g/mol. The molecule has 0 aliphatic heterocycles. The summed E-state index contributed by atoms with van der Waals surface area (Å²) >= 11 is 0. The molecule has 36 heavy (non-hydrogen) atoms. The third-order valence-corrected chi connectivity index (χ3v) is 6.13. The number of hydrogen-bond donors (Lipinski definition) is 2.